The molecule has 1 aliphatic rings. The summed E-state index contributed by atoms with van der Waals surface area (Å²) in [7, 11) is 2.02. The molecule has 4 nitrogen and oxygen atoms in total. The summed E-state index contributed by atoms with van der Waals surface area (Å²) in [5, 5.41) is 9.31. The van der Waals surface area contributed by atoms with Crippen LogP contribution in [0.3, 0.4) is 0 Å². The summed E-state index contributed by atoms with van der Waals surface area (Å²) in [5.74, 6) is 1.13. The minimum absolute atomic E-state index is 1.04. The molecule has 90 valence electrons. The van der Waals surface area contributed by atoms with E-state index < -0.39 is 0 Å². The van der Waals surface area contributed by atoms with Crippen molar-refractivity contribution in [2.45, 2.75) is 6.92 Å². The van der Waals surface area contributed by atoms with Crippen LogP contribution in [-0.2, 0) is 7.05 Å². The summed E-state index contributed by atoms with van der Waals surface area (Å²) >= 11 is 0. The van der Waals surface area contributed by atoms with Crippen LogP contribution < -0.4 is 10.2 Å². The molecule has 0 saturated carbocycles. The van der Waals surface area contributed by atoms with Crippen LogP contribution in [0.2, 0.25) is 0 Å². The van der Waals surface area contributed by atoms with E-state index in [2.05, 4.69) is 40.4 Å². The molecule has 1 aromatic heterocycles. The lowest BCUT2D eigenvalue weighted by molar-refractivity contribution is 0.582. The maximum atomic E-state index is 4.67. The number of aromatic nitrogens is 2. The predicted octanol–water partition coefficient (Wildman–Crippen LogP) is 1.29. The highest BCUT2D eigenvalue weighted by Gasteiger charge is 2.17. The predicted molar refractivity (Wildman–Crippen MR) is 70.5 cm³/mol. The number of fused-ring (bicyclic) bond motifs is 1. The van der Waals surface area contributed by atoms with E-state index >= 15 is 0 Å². The van der Waals surface area contributed by atoms with Gasteiger partial charge < -0.3 is 10.2 Å². The van der Waals surface area contributed by atoms with Crippen molar-refractivity contribution < 1.29 is 0 Å². The number of benzene rings is 1. The van der Waals surface area contributed by atoms with Crippen LogP contribution in [0.4, 0.5) is 5.82 Å². The van der Waals surface area contributed by atoms with Gasteiger partial charge in [0, 0.05) is 38.6 Å². The summed E-state index contributed by atoms with van der Waals surface area (Å²) in [6.45, 7) is 6.30. The summed E-state index contributed by atoms with van der Waals surface area (Å²) in [4.78, 5) is 2.37. The lowest BCUT2D eigenvalue weighted by Crippen LogP contribution is -2.43. The smallest absolute Gasteiger partial charge is 0.158 e. The molecule has 2 aromatic rings. The van der Waals surface area contributed by atoms with E-state index in [9.17, 15) is 0 Å². The Morgan fingerprint density at radius 2 is 2.00 bits per heavy atom. The van der Waals surface area contributed by atoms with Gasteiger partial charge in [0.05, 0.1) is 5.52 Å². The summed E-state index contributed by atoms with van der Waals surface area (Å²) in [6.07, 6.45) is 0. The fourth-order valence-corrected chi connectivity index (χ4v) is 2.46. The molecule has 3 rings (SSSR count). The van der Waals surface area contributed by atoms with Crippen molar-refractivity contribution in [2.24, 2.45) is 7.05 Å². The first-order valence-corrected chi connectivity index (χ1v) is 6.15. The van der Waals surface area contributed by atoms with Gasteiger partial charge in [-0.3, -0.25) is 4.68 Å². The molecule has 0 atom stereocenters. The first-order valence-electron chi connectivity index (χ1n) is 6.15. The Morgan fingerprint density at radius 3 is 2.76 bits per heavy atom. The number of nitrogens with one attached hydrogen (secondary N) is 1. The maximum Gasteiger partial charge on any atom is 0.158 e. The molecule has 0 spiro atoms. The van der Waals surface area contributed by atoms with Gasteiger partial charge in [-0.1, -0.05) is 6.07 Å². The quantitative estimate of drug-likeness (QED) is 0.801. The Bertz CT molecular complexity index is 538. The van der Waals surface area contributed by atoms with Crippen LogP contribution in [0.1, 0.15) is 5.56 Å². The van der Waals surface area contributed by atoms with Crippen molar-refractivity contribution >= 4 is 16.7 Å². The average Bonchev–Trinajstić information content (AvgIpc) is 2.68. The lowest BCUT2D eigenvalue weighted by atomic mass is 10.1. The van der Waals surface area contributed by atoms with E-state index in [4.69, 9.17) is 0 Å². The standard InChI is InChI=1S/C13H18N4/c1-10-3-4-11-12(9-10)16(2)15-13(11)17-7-5-14-6-8-17/h3-4,9,14H,5-8H2,1-2H3. The van der Waals surface area contributed by atoms with Crippen molar-refractivity contribution in [3.8, 4) is 0 Å². The van der Waals surface area contributed by atoms with Crippen LogP contribution in [0.25, 0.3) is 10.9 Å². The van der Waals surface area contributed by atoms with E-state index in [0.29, 0.717) is 0 Å². The van der Waals surface area contributed by atoms with E-state index in [1.165, 1.54) is 16.5 Å². The molecule has 0 bridgehead atoms. The van der Waals surface area contributed by atoms with Crippen molar-refractivity contribution in [1.29, 1.82) is 0 Å². The van der Waals surface area contributed by atoms with Gasteiger partial charge in [-0.05, 0) is 24.6 Å². The zero-order valence-corrected chi connectivity index (χ0v) is 10.4. The molecule has 2 heterocycles. The maximum absolute atomic E-state index is 4.67. The average molecular weight is 230 g/mol. The second-order valence-corrected chi connectivity index (χ2v) is 4.70. The van der Waals surface area contributed by atoms with Crippen LogP contribution in [0, 0.1) is 6.92 Å². The van der Waals surface area contributed by atoms with E-state index in [1.54, 1.807) is 0 Å². The Hall–Kier alpha value is -1.55. The van der Waals surface area contributed by atoms with Gasteiger partial charge >= 0.3 is 0 Å². The van der Waals surface area contributed by atoms with Crippen LogP contribution >= 0.6 is 0 Å². The van der Waals surface area contributed by atoms with Gasteiger partial charge in [-0.25, -0.2) is 0 Å². The highest BCUT2D eigenvalue weighted by Crippen LogP contribution is 2.26. The highest BCUT2D eigenvalue weighted by molar-refractivity contribution is 5.91. The molecule has 4 heteroatoms. The van der Waals surface area contributed by atoms with E-state index in [0.717, 1.165) is 32.0 Å². The molecule has 0 aliphatic carbocycles. The van der Waals surface area contributed by atoms with Gasteiger partial charge in [-0.2, -0.15) is 5.10 Å². The van der Waals surface area contributed by atoms with Gasteiger partial charge in [0.25, 0.3) is 0 Å². The highest BCUT2D eigenvalue weighted by atomic mass is 15.4. The Labute approximate surface area is 101 Å². The van der Waals surface area contributed by atoms with Crippen molar-refractivity contribution in [2.75, 3.05) is 31.1 Å². The minimum Gasteiger partial charge on any atom is -0.352 e. The van der Waals surface area contributed by atoms with Gasteiger partial charge in [-0.15, -0.1) is 0 Å². The number of rotatable bonds is 1. The Kier molecular flexibility index (Phi) is 2.52. The van der Waals surface area contributed by atoms with E-state index in [1.807, 2.05) is 11.7 Å². The molecule has 1 N–H and O–H groups in total. The number of nitrogens with zero attached hydrogens (tertiary/aromatic N) is 3. The van der Waals surface area contributed by atoms with Gasteiger partial charge in [0.2, 0.25) is 0 Å². The fraction of sp³-hybridized carbons (Fsp3) is 0.462. The second-order valence-electron chi connectivity index (χ2n) is 4.70. The fourth-order valence-electron chi connectivity index (χ4n) is 2.46. The number of anilines is 1. The molecule has 17 heavy (non-hydrogen) atoms. The SMILES string of the molecule is Cc1ccc2c(N3CCNCC3)nn(C)c2c1. The van der Waals surface area contributed by atoms with E-state index in [-0.39, 0.29) is 0 Å². The van der Waals surface area contributed by atoms with Crippen molar-refractivity contribution in [1.82, 2.24) is 15.1 Å². The molecule has 0 radical (unpaired) electrons. The number of hydrogen-bond acceptors (Lipinski definition) is 3. The summed E-state index contributed by atoms with van der Waals surface area (Å²) in [6, 6.07) is 6.55. The molecule has 1 aliphatic heterocycles. The lowest BCUT2D eigenvalue weighted by Gasteiger charge is -2.27. The van der Waals surface area contributed by atoms with Gasteiger partial charge in [0.15, 0.2) is 5.82 Å². The molecule has 1 aromatic carbocycles. The van der Waals surface area contributed by atoms with Gasteiger partial charge in [0.1, 0.15) is 0 Å². The third-order valence-corrected chi connectivity index (χ3v) is 3.40. The Balaban J connectivity index is 2.10. The summed E-state index contributed by atoms with van der Waals surface area (Å²) in [5.41, 5.74) is 2.51. The minimum atomic E-state index is 1.04. The van der Waals surface area contributed by atoms with Crippen LogP contribution in [0.15, 0.2) is 18.2 Å². The zero-order valence-electron chi connectivity index (χ0n) is 10.4. The topological polar surface area (TPSA) is 33.1 Å². The zero-order chi connectivity index (χ0) is 11.8. The molecule has 0 amide bonds. The molecule has 1 saturated heterocycles. The van der Waals surface area contributed by atoms with Crippen LogP contribution in [-0.4, -0.2) is 36.0 Å². The first-order chi connectivity index (χ1) is 8.25. The first kappa shape index (κ1) is 10.6. The number of piperazine rings is 1. The third kappa shape index (κ3) is 1.78. The van der Waals surface area contributed by atoms with Crippen molar-refractivity contribution in [3.05, 3.63) is 23.8 Å². The summed E-state index contributed by atoms with van der Waals surface area (Å²) < 4.78 is 1.99. The number of hydrogen-bond donors (Lipinski definition) is 1. The molecule has 0 unspecified atom stereocenters. The molecular formula is C13H18N4. The monoisotopic (exact) mass is 230 g/mol. The normalized spacial score (nSPS) is 16.7. The van der Waals surface area contributed by atoms with Crippen LogP contribution in [0.5, 0.6) is 0 Å². The van der Waals surface area contributed by atoms with Crippen molar-refractivity contribution in [3.63, 3.8) is 0 Å². The molecule has 1 fully saturated rings. The largest absolute Gasteiger partial charge is 0.352 e. The molecular weight excluding hydrogens is 212 g/mol. The third-order valence-electron chi connectivity index (χ3n) is 3.40. The Morgan fingerprint density at radius 1 is 1.24 bits per heavy atom. The second kappa shape index (κ2) is 4.04. The number of aryl methyl sites for hydroxylation is 2.